The van der Waals surface area contributed by atoms with Crippen molar-refractivity contribution < 1.29 is 4.79 Å². The molecule has 0 aromatic heterocycles. The predicted octanol–water partition coefficient (Wildman–Crippen LogP) is 2.34. The van der Waals surface area contributed by atoms with Gasteiger partial charge in [-0.05, 0) is 19.1 Å². The van der Waals surface area contributed by atoms with E-state index in [1.54, 1.807) is 24.3 Å². The summed E-state index contributed by atoms with van der Waals surface area (Å²) in [6, 6.07) is 7.10. The van der Waals surface area contributed by atoms with Crippen LogP contribution in [0.3, 0.4) is 0 Å². The van der Waals surface area contributed by atoms with Crippen molar-refractivity contribution in [3.05, 3.63) is 48.6 Å². The second-order valence-corrected chi connectivity index (χ2v) is 3.07. The minimum absolute atomic E-state index is 0.244. The van der Waals surface area contributed by atoms with Gasteiger partial charge in [-0.1, -0.05) is 30.9 Å². The first kappa shape index (κ1) is 11.0. The van der Waals surface area contributed by atoms with E-state index in [1.165, 1.54) is 0 Å². The third-order valence-electron chi connectivity index (χ3n) is 1.87. The molecule has 1 rings (SSSR count). The Hall–Kier alpha value is -2.03. The van der Waals surface area contributed by atoms with Crippen LogP contribution in [0.15, 0.2) is 48.6 Å². The van der Waals surface area contributed by atoms with Gasteiger partial charge in [0.15, 0.2) is 0 Å². The molecule has 0 saturated heterocycles. The Morgan fingerprint density at radius 2 is 2.13 bits per heavy atom. The third kappa shape index (κ3) is 2.98. The first-order valence-corrected chi connectivity index (χ1v) is 4.62. The summed E-state index contributed by atoms with van der Waals surface area (Å²) < 4.78 is 0. The number of nitrogens with two attached hydrogens (primary N) is 1. The average molecular weight is 202 g/mol. The largest absolute Gasteiger partial charge is 0.397 e. The van der Waals surface area contributed by atoms with Gasteiger partial charge in [0.2, 0.25) is 0 Å². The molecular formula is C12H14N2O. The van der Waals surface area contributed by atoms with Crippen LogP contribution in [0.25, 0.3) is 0 Å². The van der Waals surface area contributed by atoms with Gasteiger partial charge in [-0.3, -0.25) is 4.79 Å². The summed E-state index contributed by atoms with van der Waals surface area (Å²) in [7, 11) is 0. The maximum absolute atomic E-state index is 11.5. The number of carbonyl (C=O) groups excluding carboxylic acids is 1. The highest BCUT2D eigenvalue weighted by molar-refractivity contribution is 6.06. The SMILES string of the molecule is C=C(/C=C\C)C(=O)Nc1ccccc1N. The lowest BCUT2D eigenvalue weighted by Crippen LogP contribution is -2.13. The van der Waals surface area contributed by atoms with E-state index in [4.69, 9.17) is 5.73 Å². The van der Waals surface area contributed by atoms with Crippen LogP contribution in [0.4, 0.5) is 11.4 Å². The summed E-state index contributed by atoms with van der Waals surface area (Å²) >= 11 is 0. The van der Waals surface area contributed by atoms with Gasteiger partial charge in [0, 0.05) is 5.57 Å². The molecular weight excluding hydrogens is 188 g/mol. The van der Waals surface area contributed by atoms with E-state index in [1.807, 2.05) is 19.1 Å². The molecule has 1 aromatic rings. The van der Waals surface area contributed by atoms with E-state index in [0.717, 1.165) is 0 Å². The molecule has 0 aliphatic heterocycles. The van der Waals surface area contributed by atoms with Crippen LogP contribution in [0, 0.1) is 0 Å². The Morgan fingerprint density at radius 3 is 2.73 bits per heavy atom. The minimum atomic E-state index is -0.244. The van der Waals surface area contributed by atoms with Gasteiger partial charge < -0.3 is 11.1 Å². The highest BCUT2D eigenvalue weighted by Crippen LogP contribution is 2.17. The number of nitrogen functional groups attached to an aromatic ring is 1. The zero-order valence-corrected chi connectivity index (χ0v) is 8.66. The molecule has 0 spiro atoms. The number of para-hydroxylation sites is 2. The molecule has 0 fully saturated rings. The van der Waals surface area contributed by atoms with E-state index in [0.29, 0.717) is 16.9 Å². The van der Waals surface area contributed by atoms with E-state index >= 15 is 0 Å². The van der Waals surface area contributed by atoms with Crippen molar-refractivity contribution in [2.45, 2.75) is 6.92 Å². The molecule has 0 radical (unpaired) electrons. The number of carbonyl (C=O) groups is 1. The lowest BCUT2D eigenvalue weighted by molar-refractivity contribution is -0.112. The van der Waals surface area contributed by atoms with Crippen LogP contribution in [0.2, 0.25) is 0 Å². The number of hydrogen-bond donors (Lipinski definition) is 2. The molecule has 3 nitrogen and oxygen atoms in total. The zero-order chi connectivity index (χ0) is 11.3. The summed E-state index contributed by atoms with van der Waals surface area (Å²) in [5.41, 5.74) is 7.23. The van der Waals surface area contributed by atoms with Crippen LogP contribution in [0.5, 0.6) is 0 Å². The Labute approximate surface area is 89.3 Å². The minimum Gasteiger partial charge on any atom is -0.397 e. The molecule has 1 amide bonds. The molecule has 0 aliphatic rings. The fraction of sp³-hybridized carbons (Fsp3) is 0.0833. The summed E-state index contributed by atoms with van der Waals surface area (Å²) in [4.78, 5) is 11.5. The molecule has 0 atom stereocenters. The topological polar surface area (TPSA) is 55.1 Å². The molecule has 0 heterocycles. The molecule has 15 heavy (non-hydrogen) atoms. The number of hydrogen-bond acceptors (Lipinski definition) is 2. The summed E-state index contributed by atoms with van der Waals surface area (Å²) in [5, 5.41) is 2.68. The van der Waals surface area contributed by atoms with Crippen LogP contribution in [-0.4, -0.2) is 5.91 Å². The van der Waals surface area contributed by atoms with Crippen molar-refractivity contribution in [3.63, 3.8) is 0 Å². The molecule has 0 bridgehead atoms. The van der Waals surface area contributed by atoms with Gasteiger partial charge >= 0.3 is 0 Å². The number of nitrogens with one attached hydrogen (secondary N) is 1. The molecule has 3 N–H and O–H groups in total. The molecule has 1 aromatic carbocycles. The Morgan fingerprint density at radius 1 is 1.47 bits per heavy atom. The predicted molar refractivity (Wildman–Crippen MR) is 63.4 cm³/mol. The summed E-state index contributed by atoms with van der Waals surface area (Å²) in [6.07, 6.45) is 3.41. The fourth-order valence-corrected chi connectivity index (χ4v) is 1.09. The van der Waals surface area contributed by atoms with Crippen LogP contribution < -0.4 is 11.1 Å². The standard InChI is InChI=1S/C12H14N2O/c1-3-6-9(2)12(15)14-11-8-5-4-7-10(11)13/h3-8H,2,13H2,1H3,(H,14,15)/b6-3-. The fourth-order valence-electron chi connectivity index (χ4n) is 1.09. The molecule has 0 unspecified atom stereocenters. The van der Waals surface area contributed by atoms with Crippen molar-refractivity contribution in [1.82, 2.24) is 0 Å². The monoisotopic (exact) mass is 202 g/mol. The van der Waals surface area contributed by atoms with Crippen molar-refractivity contribution in [3.8, 4) is 0 Å². The Balaban J connectivity index is 2.75. The maximum atomic E-state index is 11.5. The second kappa shape index (κ2) is 5.00. The van der Waals surface area contributed by atoms with Gasteiger partial charge in [0.25, 0.3) is 5.91 Å². The quantitative estimate of drug-likeness (QED) is 0.449. The molecule has 78 valence electrons. The zero-order valence-electron chi connectivity index (χ0n) is 8.66. The second-order valence-electron chi connectivity index (χ2n) is 3.07. The first-order chi connectivity index (χ1) is 7.15. The van der Waals surface area contributed by atoms with Crippen molar-refractivity contribution in [2.24, 2.45) is 0 Å². The van der Waals surface area contributed by atoms with Crippen molar-refractivity contribution in [1.29, 1.82) is 0 Å². The van der Waals surface area contributed by atoms with E-state index in [-0.39, 0.29) is 5.91 Å². The molecule has 0 aliphatic carbocycles. The third-order valence-corrected chi connectivity index (χ3v) is 1.87. The highest BCUT2D eigenvalue weighted by atomic mass is 16.1. The van der Waals surface area contributed by atoms with Gasteiger partial charge in [-0.2, -0.15) is 0 Å². The average Bonchev–Trinajstić information content (AvgIpc) is 2.21. The Kier molecular flexibility index (Phi) is 3.68. The van der Waals surface area contributed by atoms with Crippen LogP contribution in [-0.2, 0) is 4.79 Å². The Bertz CT molecular complexity index is 408. The lowest BCUT2D eigenvalue weighted by atomic mass is 10.2. The molecule has 3 heteroatoms. The summed E-state index contributed by atoms with van der Waals surface area (Å²) in [6.45, 7) is 5.46. The summed E-state index contributed by atoms with van der Waals surface area (Å²) in [5.74, 6) is -0.244. The molecule has 0 saturated carbocycles. The van der Waals surface area contributed by atoms with Crippen molar-refractivity contribution in [2.75, 3.05) is 11.1 Å². The van der Waals surface area contributed by atoms with Gasteiger partial charge in [-0.25, -0.2) is 0 Å². The van der Waals surface area contributed by atoms with E-state index < -0.39 is 0 Å². The number of allylic oxidation sites excluding steroid dienone is 1. The normalized spacial score (nSPS) is 10.2. The van der Waals surface area contributed by atoms with Gasteiger partial charge in [0.05, 0.1) is 11.4 Å². The smallest absolute Gasteiger partial charge is 0.255 e. The van der Waals surface area contributed by atoms with Crippen molar-refractivity contribution >= 4 is 17.3 Å². The maximum Gasteiger partial charge on any atom is 0.255 e. The van der Waals surface area contributed by atoms with E-state index in [2.05, 4.69) is 11.9 Å². The highest BCUT2D eigenvalue weighted by Gasteiger charge is 2.05. The first-order valence-electron chi connectivity index (χ1n) is 4.62. The number of amides is 1. The number of benzene rings is 1. The number of rotatable bonds is 3. The van der Waals surface area contributed by atoms with Gasteiger partial charge in [0.1, 0.15) is 0 Å². The number of anilines is 2. The van der Waals surface area contributed by atoms with Crippen LogP contribution in [0.1, 0.15) is 6.92 Å². The van der Waals surface area contributed by atoms with E-state index in [9.17, 15) is 4.79 Å². The van der Waals surface area contributed by atoms with Gasteiger partial charge in [-0.15, -0.1) is 0 Å². The van der Waals surface area contributed by atoms with Crippen LogP contribution >= 0.6 is 0 Å². The lowest BCUT2D eigenvalue weighted by Gasteiger charge is -2.07.